The maximum atomic E-state index is 14.4. The van der Waals surface area contributed by atoms with Crippen LogP contribution in [0.15, 0.2) is 97.2 Å². The van der Waals surface area contributed by atoms with Crippen LogP contribution in [-0.2, 0) is 11.3 Å². The molecular formula is C28H21F2N3OS. The first-order chi connectivity index (χ1) is 17.1. The van der Waals surface area contributed by atoms with E-state index >= 15 is 0 Å². The zero-order valence-corrected chi connectivity index (χ0v) is 19.5. The van der Waals surface area contributed by atoms with Gasteiger partial charge in [0, 0.05) is 24.6 Å². The Balaban J connectivity index is 1.54. The molecule has 0 radical (unpaired) electrons. The van der Waals surface area contributed by atoms with Crippen molar-refractivity contribution in [1.82, 2.24) is 9.97 Å². The van der Waals surface area contributed by atoms with Crippen molar-refractivity contribution < 1.29 is 13.6 Å². The summed E-state index contributed by atoms with van der Waals surface area (Å²) in [5.41, 5.74) is 2.75. The number of anilines is 1. The van der Waals surface area contributed by atoms with E-state index in [1.54, 1.807) is 12.3 Å². The number of hydrogen-bond donors (Lipinski definition) is 0. The van der Waals surface area contributed by atoms with E-state index in [9.17, 15) is 13.6 Å². The quantitative estimate of drug-likeness (QED) is 0.257. The number of carbonyl (C=O) groups is 1. The Bertz CT molecular complexity index is 1400. The molecule has 0 aliphatic heterocycles. The summed E-state index contributed by atoms with van der Waals surface area (Å²) in [6.45, 7) is 0.167. The summed E-state index contributed by atoms with van der Waals surface area (Å²) in [5.74, 6) is -1.80. The van der Waals surface area contributed by atoms with Crippen molar-refractivity contribution in [3.05, 3.63) is 126 Å². The van der Waals surface area contributed by atoms with Gasteiger partial charge < -0.3 is 0 Å². The Morgan fingerprint density at radius 2 is 1.54 bits per heavy atom. The van der Waals surface area contributed by atoms with E-state index in [2.05, 4.69) is 9.97 Å². The Kier molecular flexibility index (Phi) is 6.59. The zero-order valence-electron chi connectivity index (χ0n) is 18.6. The average Bonchev–Trinajstić information content (AvgIpc) is 3.31. The second-order valence-corrected chi connectivity index (χ2v) is 9.12. The van der Waals surface area contributed by atoms with E-state index in [-0.39, 0.29) is 30.3 Å². The average molecular weight is 486 g/mol. The molecule has 0 atom stereocenters. The van der Waals surface area contributed by atoms with Crippen LogP contribution in [0.25, 0.3) is 10.2 Å². The molecule has 7 heteroatoms. The topological polar surface area (TPSA) is 46.1 Å². The molecule has 0 N–H and O–H groups in total. The van der Waals surface area contributed by atoms with Crippen LogP contribution in [0.1, 0.15) is 29.2 Å². The summed E-state index contributed by atoms with van der Waals surface area (Å²) in [6.07, 6.45) is 1.83. The van der Waals surface area contributed by atoms with Crippen molar-refractivity contribution in [2.24, 2.45) is 0 Å². The molecule has 0 saturated heterocycles. The van der Waals surface area contributed by atoms with Gasteiger partial charge in [0.15, 0.2) is 10.9 Å². The number of halogens is 2. The molecule has 2 aromatic heterocycles. The molecule has 0 bridgehead atoms. The summed E-state index contributed by atoms with van der Waals surface area (Å²) < 4.78 is 28.5. The molecule has 5 aromatic rings. The lowest BCUT2D eigenvalue weighted by Crippen LogP contribution is -2.32. The highest BCUT2D eigenvalue weighted by Crippen LogP contribution is 2.34. The van der Waals surface area contributed by atoms with Crippen molar-refractivity contribution >= 4 is 32.6 Å². The van der Waals surface area contributed by atoms with Crippen LogP contribution in [0.5, 0.6) is 0 Å². The minimum absolute atomic E-state index is 0.0490. The second-order valence-electron chi connectivity index (χ2n) is 8.11. The predicted molar refractivity (Wildman–Crippen MR) is 134 cm³/mol. The van der Waals surface area contributed by atoms with Crippen molar-refractivity contribution in [3.8, 4) is 0 Å². The number of pyridine rings is 1. The molecule has 174 valence electrons. The predicted octanol–water partition coefficient (Wildman–Crippen LogP) is 6.72. The first kappa shape index (κ1) is 22.8. The first-order valence-corrected chi connectivity index (χ1v) is 12.0. The van der Waals surface area contributed by atoms with Crippen LogP contribution in [0.4, 0.5) is 13.9 Å². The molecule has 35 heavy (non-hydrogen) atoms. The maximum absolute atomic E-state index is 14.4. The maximum Gasteiger partial charge on any atom is 0.230 e. The largest absolute Gasteiger partial charge is 0.282 e. The molecule has 0 spiro atoms. The number of hydrogen-bond acceptors (Lipinski definition) is 4. The third-order valence-electron chi connectivity index (χ3n) is 5.76. The molecular weight excluding hydrogens is 464 g/mol. The highest BCUT2D eigenvalue weighted by atomic mass is 32.1. The Morgan fingerprint density at radius 3 is 2.17 bits per heavy atom. The van der Waals surface area contributed by atoms with Gasteiger partial charge in [-0.1, -0.05) is 78.1 Å². The van der Waals surface area contributed by atoms with Gasteiger partial charge >= 0.3 is 0 Å². The molecule has 0 fully saturated rings. The third-order valence-corrected chi connectivity index (χ3v) is 6.79. The molecule has 4 nitrogen and oxygen atoms in total. The molecule has 0 unspecified atom stereocenters. The highest BCUT2D eigenvalue weighted by molar-refractivity contribution is 7.22. The summed E-state index contributed by atoms with van der Waals surface area (Å²) >= 11 is 1.09. The number of benzene rings is 3. The minimum Gasteiger partial charge on any atom is -0.282 e. The van der Waals surface area contributed by atoms with E-state index in [1.165, 1.54) is 11.0 Å². The van der Waals surface area contributed by atoms with Crippen LogP contribution >= 0.6 is 11.3 Å². The molecule has 2 heterocycles. The number of nitrogens with zero attached hydrogens (tertiary/aromatic N) is 3. The monoisotopic (exact) mass is 485 g/mol. The van der Waals surface area contributed by atoms with E-state index in [1.807, 2.05) is 72.8 Å². The summed E-state index contributed by atoms with van der Waals surface area (Å²) in [4.78, 5) is 24.1. The molecule has 0 saturated carbocycles. The molecule has 5 rings (SSSR count). The lowest BCUT2D eigenvalue weighted by molar-refractivity contribution is -0.119. The normalized spacial score (nSPS) is 11.2. The first-order valence-electron chi connectivity index (χ1n) is 11.1. The molecule has 3 aromatic carbocycles. The lowest BCUT2D eigenvalue weighted by atomic mass is 9.88. The fourth-order valence-electron chi connectivity index (χ4n) is 4.06. The lowest BCUT2D eigenvalue weighted by Gasteiger charge is -2.24. The van der Waals surface area contributed by atoms with E-state index in [0.29, 0.717) is 15.5 Å². The van der Waals surface area contributed by atoms with Crippen molar-refractivity contribution in [3.63, 3.8) is 0 Å². The van der Waals surface area contributed by atoms with Gasteiger partial charge in [0.05, 0.1) is 16.9 Å². The highest BCUT2D eigenvalue weighted by Gasteiger charge is 2.26. The third kappa shape index (κ3) is 5.10. The standard InChI is InChI=1S/C28H21F2N3OS/c29-21-15-24(30)27-25(16-21)35-28(32-27)33(18-22-13-7-8-14-31-22)26(34)17-23(19-9-3-1-4-10-19)20-11-5-2-6-12-20/h1-16,23H,17-18H2. The van der Waals surface area contributed by atoms with Crippen molar-refractivity contribution in [1.29, 1.82) is 0 Å². The van der Waals surface area contributed by atoms with E-state index in [0.717, 1.165) is 28.5 Å². The van der Waals surface area contributed by atoms with Crippen LogP contribution < -0.4 is 4.90 Å². The van der Waals surface area contributed by atoms with Gasteiger partial charge in [0.25, 0.3) is 0 Å². The van der Waals surface area contributed by atoms with E-state index < -0.39 is 11.6 Å². The van der Waals surface area contributed by atoms with Gasteiger partial charge in [0.2, 0.25) is 5.91 Å². The number of thiazole rings is 1. The summed E-state index contributed by atoms with van der Waals surface area (Å²) in [7, 11) is 0. The Hall–Kier alpha value is -3.97. The number of rotatable bonds is 7. The molecule has 0 aliphatic rings. The number of amides is 1. The zero-order chi connectivity index (χ0) is 24.2. The van der Waals surface area contributed by atoms with Crippen molar-refractivity contribution in [2.75, 3.05) is 4.90 Å². The fourth-order valence-corrected chi connectivity index (χ4v) is 5.08. The van der Waals surface area contributed by atoms with E-state index in [4.69, 9.17) is 0 Å². The minimum atomic E-state index is -0.751. The SMILES string of the molecule is O=C(CC(c1ccccc1)c1ccccc1)N(Cc1ccccn1)c1nc2c(F)cc(F)cc2s1. The fraction of sp³-hybridized carbons (Fsp3) is 0.107. The van der Waals surface area contributed by atoms with Crippen LogP contribution in [0.3, 0.4) is 0 Å². The number of aromatic nitrogens is 2. The van der Waals surface area contributed by atoms with Gasteiger partial charge in [-0.25, -0.2) is 13.8 Å². The van der Waals surface area contributed by atoms with Crippen LogP contribution in [0, 0.1) is 11.6 Å². The van der Waals surface area contributed by atoms with Crippen molar-refractivity contribution in [2.45, 2.75) is 18.9 Å². The molecule has 1 amide bonds. The van der Waals surface area contributed by atoms with Gasteiger partial charge in [-0.2, -0.15) is 0 Å². The summed E-state index contributed by atoms with van der Waals surface area (Å²) in [6, 6.07) is 27.2. The Morgan fingerprint density at radius 1 is 0.886 bits per heavy atom. The van der Waals surface area contributed by atoms with Gasteiger partial charge in [-0.15, -0.1) is 0 Å². The van der Waals surface area contributed by atoms with Gasteiger partial charge in [-0.3, -0.25) is 14.7 Å². The molecule has 0 aliphatic carbocycles. The van der Waals surface area contributed by atoms with Gasteiger partial charge in [-0.05, 0) is 29.3 Å². The number of fused-ring (bicyclic) bond motifs is 1. The second kappa shape index (κ2) is 10.1. The van der Waals surface area contributed by atoms with Gasteiger partial charge in [0.1, 0.15) is 11.3 Å². The smallest absolute Gasteiger partial charge is 0.230 e. The summed E-state index contributed by atoms with van der Waals surface area (Å²) in [5, 5.41) is 0.306. The Labute approximate surface area is 205 Å². The van der Waals surface area contributed by atoms with Crippen LogP contribution in [0.2, 0.25) is 0 Å². The van der Waals surface area contributed by atoms with Crippen LogP contribution in [-0.4, -0.2) is 15.9 Å². The number of carbonyl (C=O) groups excluding carboxylic acids is 1.